The molecular weight excluding hydrogens is 566 g/mol. The Morgan fingerprint density at radius 3 is 2.57 bits per heavy atom. The third-order valence-corrected chi connectivity index (χ3v) is 9.63. The van der Waals surface area contributed by atoms with Crippen LogP contribution < -0.4 is 10.1 Å². The number of ether oxygens (including phenoxy) is 3. The van der Waals surface area contributed by atoms with Crippen molar-refractivity contribution in [1.82, 2.24) is 24.3 Å². The van der Waals surface area contributed by atoms with E-state index < -0.39 is 36.4 Å². The molecule has 0 aliphatic carbocycles. The van der Waals surface area contributed by atoms with Crippen LogP contribution in [0.15, 0.2) is 65.6 Å². The van der Waals surface area contributed by atoms with Gasteiger partial charge in [-0.2, -0.15) is 4.98 Å². The Kier molecular flexibility index (Phi) is 4.99. The number of carbonyl (C=O) groups is 2. The molecule has 3 aliphatic heterocycles. The molecule has 5 atom stereocenters. The maximum atomic E-state index is 13.6. The van der Waals surface area contributed by atoms with E-state index in [1.807, 2.05) is 55.5 Å². The van der Waals surface area contributed by atoms with Crippen LogP contribution in [0.5, 0.6) is 5.88 Å². The monoisotopic (exact) mass is 593 g/mol. The zero-order chi connectivity index (χ0) is 30.1. The highest BCUT2D eigenvalue weighted by Crippen LogP contribution is 2.55. The van der Waals surface area contributed by atoms with Crippen molar-refractivity contribution in [1.29, 1.82) is 0 Å². The minimum Gasteiger partial charge on any atom is -0.448 e. The maximum absolute atomic E-state index is 13.6. The van der Waals surface area contributed by atoms with Crippen LogP contribution in [0.1, 0.15) is 41.7 Å². The Morgan fingerprint density at radius 1 is 1.11 bits per heavy atom. The number of rotatable bonds is 3. The van der Waals surface area contributed by atoms with Crippen LogP contribution in [-0.2, 0) is 15.2 Å². The highest BCUT2D eigenvalue weighted by molar-refractivity contribution is 6.31. The number of hydrogen-bond acceptors (Lipinski definition) is 8. The Hall–Kier alpha value is -4.91. The van der Waals surface area contributed by atoms with Gasteiger partial charge in [-0.05, 0) is 19.1 Å². The summed E-state index contributed by atoms with van der Waals surface area (Å²) < 4.78 is 28.1. The molecule has 1 saturated heterocycles. The Morgan fingerprint density at radius 2 is 1.84 bits per heavy atom. The van der Waals surface area contributed by atoms with Crippen LogP contribution in [0.25, 0.3) is 43.6 Å². The second-order valence-corrected chi connectivity index (χ2v) is 11.7. The third kappa shape index (κ3) is 2.99. The molecule has 2 N–H and O–H groups in total. The molecule has 0 saturated carbocycles. The number of aliphatic hydroxyl groups is 1. The zero-order valence-corrected chi connectivity index (χ0v) is 24.0. The first-order chi connectivity index (χ1) is 21.3. The van der Waals surface area contributed by atoms with Crippen molar-refractivity contribution in [2.75, 3.05) is 14.2 Å². The van der Waals surface area contributed by atoms with Gasteiger partial charge in [0.15, 0.2) is 24.6 Å². The second-order valence-electron chi connectivity index (χ2n) is 11.7. The van der Waals surface area contributed by atoms with Crippen molar-refractivity contribution in [3.63, 3.8) is 0 Å². The Bertz CT molecular complexity index is 2200. The highest BCUT2D eigenvalue weighted by atomic mass is 16.6. The first-order valence-corrected chi connectivity index (χ1v) is 14.4. The Labute approximate surface area is 249 Å². The lowest BCUT2D eigenvalue weighted by Crippen LogP contribution is -2.61. The molecule has 12 nitrogen and oxygen atoms in total. The molecular formula is C32H27N5O7. The summed E-state index contributed by atoms with van der Waals surface area (Å²) in [4.78, 5) is 32.5. The smallest absolute Gasteiger partial charge is 0.416 e. The van der Waals surface area contributed by atoms with Crippen LogP contribution in [-0.4, -0.2) is 62.4 Å². The van der Waals surface area contributed by atoms with Gasteiger partial charge in [-0.1, -0.05) is 36.4 Å². The summed E-state index contributed by atoms with van der Waals surface area (Å²) in [5, 5.41) is 17.3. The number of amides is 2. The fraction of sp³-hybridized carbons (Fsp3) is 0.281. The second kappa shape index (κ2) is 8.59. The molecule has 3 aromatic carbocycles. The van der Waals surface area contributed by atoms with Crippen molar-refractivity contribution in [2.24, 2.45) is 0 Å². The molecule has 0 radical (unpaired) electrons. The minimum absolute atomic E-state index is 0.0569. The number of hydrogen-bond donors (Lipinski definition) is 2. The molecule has 2 amide bonds. The first-order valence-electron chi connectivity index (χ1n) is 14.4. The summed E-state index contributed by atoms with van der Waals surface area (Å²) in [7, 11) is 3.28. The lowest BCUT2D eigenvalue weighted by Gasteiger charge is -2.50. The molecule has 2 bridgehead atoms. The van der Waals surface area contributed by atoms with Crippen molar-refractivity contribution in [2.45, 2.75) is 43.7 Å². The van der Waals surface area contributed by atoms with Crippen LogP contribution >= 0.6 is 0 Å². The number of oxazole rings is 1. The van der Waals surface area contributed by atoms with E-state index in [0.717, 1.165) is 43.6 Å². The molecule has 1 fully saturated rings. The van der Waals surface area contributed by atoms with Gasteiger partial charge >= 0.3 is 6.09 Å². The number of carbonyl (C=O) groups excluding carboxylic acids is 2. The van der Waals surface area contributed by atoms with Gasteiger partial charge in [-0.15, -0.1) is 0 Å². The summed E-state index contributed by atoms with van der Waals surface area (Å²) in [6.45, 7) is 1.97. The topological polar surface area (TPSA) is 133 Å². The van der Waals surface area contributed by atoms with Crippen LogP contribution in [0.2, 0.25) is 0 Å². The largest absolute Gasteiger partial charge is 0.448 e. The molecule has 6 aromatic rings. The average molecular weight is 594 g/mol. The van der Waals surface area contributed by atoms with Gasteiger partial charge in [0, 0.05) is 47.7 Å². The zero-order valence-electron chi connectivity index (χ0n) is 24.0. The number of benzene rings is 3. The van der Waals surface area contributed by atoms with Gasteiger partial charge in [0.2, 0.25) is 0 Å². The number of aromatic nitrogens is 3. The predicted molar refractivity (Wildman–Crippen MR) is 158 cm³/mol. The lowest BCUT2D eigenvalue weighted by atomic mass is 9.92. The molecule has 5 unspecified atom stereocenters. The number of methoxy groups -OCH3 is 1. The van der Waals surface area contributed by atoms with E-state index in [2.05, 4.69) is 19.4 Å². The number of fused-ring (bicyclic) bond motifs is 13. The Balaban J connectivity index is 1.41. The van der Waals surface area contributed by atoms with Gasteiger partial charge in [-0.3, -0.25) is 4.79 Å². The van der Waals surface area contributed by atoms with Gasteiger partial charge in [0.1, 0.15) is 12.3 Å². The van der Waals surface area contributed by atoms with Crippen LogP contribution in [0.4, 0.5) is 4.79 Å². The first kappa shape index (κ1) is 25.6. The summed E-state index contributed by atoms with van der Waals surface area (Å²) in [5.41, 5.74) is 3.25. The molecule has 6 heterocycles. The fourth-order valence-corrected chi connectivity index (χ4v) is 7.99. The molecule has 0 spiro atoms. The number of nitrogens with zero attached hydrogens (tertiary/aromatic N) is 4. The molecule has 3 aromatic heterocycles. The summed E-state index contributed by atoms with van der Waals surface area (Å²) in [5.74, 6) is -0.266. The van der Waals surface area contributed by atoms with E-state index in [4.69, 9.17) is 18.6 Å². The number of nitrogens with one attached hydrogen (secondary N) is 1. The SMILES string of the molecule is COC1C(N(C)C(=O)Oc2cocn2)CC2OC1(C)n1c3ccccc3c3c4c(c5c6ccccc6n2c5c31)C(=O)NC4O. The van der Waals surface area contributed by atoms with E-state index in [1.54, 1.807) is 14.2 Å². The third-order valence-electron chi connectivity index (χ3n) is 9.63. The lowest BCUT2D eigenvalue weighted by molar-refractivity contribution is -0.264. The molecule has 3 aliphatic rings. The van der Waals surface area contributed by atoms with Crippen LogP contribution in [0, 0.1) is 0 Å². The predicted octanol–water partition coefficient (Wildman–Crippen LogP) is 4.74. The number of aliphatic hydroxyl groups excluding tert-OH is 1. The normalized spacial score (nSPS) is 25.6. The minimum atomic E-state index is -1.18. The van der Waals surface area contributed by atoms with Gasteiger partial charge in [0.25, 0.3) is 11.8 Å². The number of likely N-dealkylation sites (N-methyl/N-ethyl adjacent to an activating group) is 1. The maximum Gasteiger partial charge on any atom is 0.416 e. The van der Waals surface area contributed by atoms with Crippen LogP contribution in [0.3, 0.4) is 0 Å². The standard InChI is InChI=1S/C32H27N5O7/c1-32-28(41-3)19(35(2)31(40)43-20-13-42-14-33-20)12-21(44-32)36-17-10-6-4-8-15(17)22-24-25(30(39)34-29(24)38)23-16-9-5-7-11-18(16)37(32)27(23)26(22)36/h4-11,13-14,19,21,28,30,39H,12H2,1-3H3,(H,34,38). The fourth-order valence-electron chi connectivity index (χ4n) is 7.99. The van der Waals surface area contributed by atoms with Gasteiger partial charge in [0.05, 0.1) is 33.7 Å². The van der Waals surface area contributed by atoms with E-state index in [0.29, 0.717) is 17.5 Å². The van der Waals surface area contributed by atoms with Crippen molar-refractivity contribution < 1.29 is 33.3 Å². The van der Waals surface area contributed by atoms with E-state index in [1.165, 1.54) is 17.6 Å². The van der Waals surface area contributed by atoms with E-state index in [-0.39, 0.29) is 11.8 Å². The van der Waals surface area contributed by atoms with Crippen molar-refractivity contribution in [3.8, 4) is 5.88 Å². The molecule has 9 rings (SSSR count). The molecule has 12 heteroatoms. The van der Waals surface area contributed by atoms with Crippen molar-refractivity contribution >= 4 is 55.6 Å². The van der Waals surface area contributed by atoms with E-state index >= 15 is 0 Å². The number of para-hydroxylation sites is 2. The van der Waals surface area contributed by atoms with E-state index in [9.17, 15) is 14.7 Å². The summed E-state index contributed by atoms with van der Waals surface area (Å²) >= 11 is 0. The molecule has 222 valence electrons. The van der Waals surface area contributed by atoms with Gasteiger partial charge in [-0.25, -0.2) is 4.79 Å². The average Bonchev–Trinajstić information content (AvgIpc) is 3.78. The van der Waals surface area contributed by atoms with Crippen molar-refractivity contribution in [3.05, 3.63) is 72.3 Å². The summed E-state index contributed by atoms with van der Waals surface area (Å²) in [6.07, 6.45) is -0.190. The molecule has 44 heavy (non-hydrogen) atoms. The highest BCUT2D eigenvalue weighted by Gasteiger charge is 2.55. The van der Waals surface area contributed by atoms with Gasteiger partial charge < -0.3 is 43.1 Å². The quantitative estimate of drug-likeness (QED) is 0.301. The summed E-state index contributed by atoms with van der Waals surface area (Å²) in [6, 6.07) is 15.3.